The highest BCUT2D eigenvalue weighted by molar-refractivity contribution is 6.01. The van der Waals surface area contributed by atoms with E-state index < -0.39 is 5.97 Å². The number of aromatic amines is 1. The number of hydrogen-bond donors (Lipinski definition) is 2. The van der Waals surface area contributed by atoms with Gasteiger partial charge in [-0.3, -0.25) is 4.79 Å². The topological polar surface area (TPSA) is 72.8 Å². The molecule has 0 radical (unpaired) electrons. The summed E-state index contributed by atoms with van der Waals surface area (Å²) in [5.74, 6) is 0.383. The standard InChI is InChI=1S/C23H26N2O4/c1-14-21(23(27)29-5)15(2)24-22(14)20(26)13-25(3)12-16-6-7-18-11-19(28-4)9-8-17(18)10-16/h6-11,24H,12-13H2,1-5H3/p+1. The van der Waals surface area contributed by atoms with Crippen molar-refractivity contribution in [1.82, 2.24) is 4.98 Å². The number of carbonyl (C=O) groups is 2. The van der Waals surface area contributed by atoms with E-state index in [-0.39, 0.29) is 5.78 Å². The number of nitrogens with one attached hydrogen (secondary N) is 2. The number of aryl methyl sites for hydroxylation is 1. The quantitative estimate of drug-likeness (QED) is 0.476. The third-order valence-corrected chi connectivity index (χ3v) is 5.19. The molecule has 3 rings (SSSR count). The van der Waals surface area contributed by atoms with E-state index in [9.17, 15) is 9.59 Å². The molecule has 0 bridgehead atoms. The van der Waals surface area contributed by atoms with Crippen molar-refractivity contribution in [2.24, 2.45) is 0 Å². The minimum Gasteiger partial charge on any atom is -0.497 e. The number of esters is 1. The Hall–Kier alpha value is -3.12. The molecule has 2 aromatic carbocycles. The third kappa shape index (κ3) is 4.32. The van der Waals surface area contributed by atoms with E-state index in [1.807, 2.05) is 25.2 Å². The van der Waals surface area contributed by atoms with Crippen LogP contribution >= 0.6 is 0 Å². The van der Waals surface area contributed by atoms with Crippen LogP contribution in [0.15, 0.2) is 36.4 Å². The van der Waals surface area contributed by atoms with Crippen molar-refractivity contribution in [1.29, 1.82) is 0 Å². The zero-order chi connectivity index (χ0) is 21.1. The first-order chi connectivity index (χ1) is 13.8. The highest BCUT2D eigenvalue weighted by atomic mass is 16.5. The van der Waals surface area contributed by atoms with Gasteiger partial charge in [-0.25, -0.2) is 4.79 Å². The van der Waals surface area contributed by atoms with Gasteiger partial charge in [0.1, 0.15) is 18.8 Å². The van der Waals surface area contributed by atoms with Crippen LogP contribution in [0.4, 0.5) is 0 Å². The van der Waals surface area contributed by atoms with E-state index in [1.54, 1.807) is 21.0 Å². The summed E-state index contributed by atoms with van der Waals surface area (Å²) in [5, 5.41) is 2.26. The van der Waals surface area contributed by atoms with Gasteiger partial charge in [-0.15, -0.1) is 0 Å². The number of Topliss-reactive ketones (excluding diaryl/α,β-unsaturated/α-hetero) is 1. The smallest absolute Gasteiger partial charge is 0.339 e. The van der Waals surface area contributed by atoms with Crippen LogP contribution in [0, 0.1) is 13.8 Å². The average molecular weight is 395 g/mol. The summed E-state index contributed by atoms with van der Waals surface area (Å²) in [5.41, 5.74) is 3.38. The lowest BCUT2D eigenvalue weighted by atomic mass is 10.1. The molecule has 6 nitrogen and oxygen atoms in total. The van der Waals surface area contributed by atoms with Crippen LogP contribution in [-0.4, -0.2) is 44.5 Å². The van der Waals surface area contributed by atoms with E-state index in [0.717, 1.165) is 33.5 Å². The summed E-state index contributed by atoms with van der Waals surface area (Å²) in [6, 6.07) is 12.3. The molecule has 0 saturated carbocycles. The Bertz CT molecular complexity index is 1070. The van der Waals surface area contributed by atoms with Crippen LogP contribution in [0.1, 0.15) is 37.7 Å². The number of aromatic nitrogens is 1. The first-order valence-corrected chi connectivity index (χ1v) is 9.52. The van der Waals surface area contributed by atoms with Crippen molar-refractivity contribution in [3.05, 3.63) is 64.5 Å². The number of H-pyrrole nitrogens is 1. The van der Waals surface area contributed by atoms with Crippen LogP contribution in [-0.2, 0) is 11.3 Å². The zero-order valence-corrected chi connectivity index (χ0v) is 17.5. The monoisotopic (exact) mass is 395 g/mol. The molecule has 1 aromatic heterocycles. The fourth-order valence-electron chi connectivity index (χ4n) is 3.72. The predicted molar refractivity (Wildman–Crippen MR) is 112 cm³/mol. The van der Waals surface area contributed by atoms with Gasteiger partial charge in [0, 0.05) is 11.3 Å². The summed E-state index contributed by atoms with van der Waals surface area (Å²) in [4.78, 5) is 28.9. The van der Waals surface area contributed by atoms with Crippen molar-refractivity contribution in [3.8, 4) is 5.75 Å². The van der Waals surface area contributed by atoms with Gasteiger partial charge in [-0.2, -0.15) is 0 Å². The van der Waals surface area contributed by atoms with Crippen molar-refractivity contribution in [2.75, 3.05) is 27.8 Å². The number of quaternary nitrogens is 1. The highest BCUT2D eigenvalue weighted by Gasteiger charge is 2.24. The molecule has 0 aliphatic heterocycles. The predicted octanol–water partition coefficient (Wildman–Crippen LogP) is 2.48. The zero-order valence-electron chi connectivity index (χ0n) is 17.5. The third-order valence-electron chi connectivity index (χ3n) is 5.19. The van der Waals surface area contributed by atoms with Gasteiger partial charge in [0.15, 0.2) is 0 Å². The molecule has 0 aliphatic carbocycles. The van der Waals surface area contributed by atoms with Gasteiger partial charge in [0.25, 0.3) is 0 Å². The van der Waals surface area contributed by atoms with Gasteiger partial charge >= 0.3 is 5.97 Å². The maximum atomic E-state index is 12.8. The van der Waals surface area contributed by atoms with Crippen molar-refractivity contribution >= 4 is 22.5 Å². The molecule has 2 N–H and O–H groups in total. The number of likely N-dealkylation sites (N-methyl/N-ethyl adjacent to an activating group) is 1. The number of fused-ring (bicyclic) bond motifs is 1. The first-order valence-electron chi connectivity index (χ1n) is 9.52. The molecule has 1 heterocycles. The molecule has 152 valence electrons. The molecule has 0 fully saturated rings. The largest absolute Gasteiger partial charge is 0.497 e. The van der Waals surface area contributed by atoms with Gasteiger partial charge in [0.2, 0.25) is 5.78 Å². The van der Waals surface area contributed by atoms with Gasteiger partial charge in [-0.1, -0.05) is 18.2 Å². The molecular formula is C23H27N2O4+. The minimum atomic E-state index is -0.427. The van der Waals surface area contributed by atoms with E-state index in [0.29, 0.717) is 29.1 Å². The molecule has 1 atom stereocenters. The Kier molecular flexibility index (Phi) is 6.03. The van der Waals surface area contributed by atoms with E-state index >= 15 is 0 Å². The maximum absolute atomic E-state index is 12.8. The summed E-state index contributed by atoms with van der Waals surface area (Å²) in [7, 11) is 4.99. The summed E-state index contributed by atoms with van der Waals surface area (Å²) >= 11 is 0. The number of carbonyl (C=O) groups excluding carboxylic acids is 2. The molecule has 0 amide bonds. The lowest BCUT2D eigenvalue weighted by Gasteiger charge is -2.14. The summed E-state index contributed by atoms with van der Waals surface area (Å²) in [6.07, 6.45) is 0. The lowest BCUT2D eigenvalue weighted by molar-refractivity contribution is -0.884. The molecule has 3 aromatic rings. The SMILES string of the molecule is COC(=O)c1c(C)[nH]c(C(=O)C[NH+](C)Cc2ccc3cc(OC)ccc3c2)c1C. The Morgan fingerprint density at radius 1 is 1.03 bits per heavy atom. The molecule has 1 unspecified atom stereocenters. The molecule has 6 heteroatoms. The van der Waals surface area contributed by atoms with Crippen LogP contribution in [0.25, 0.3) is 10.8 Å². The molecule has 0 spiro atoms. The first kappa shape index (κ1) is 20.6. The Morgan fingerprint density at radius 3 is 2.41 bits per heavy atom. The van der Waals surface area contributed by atoms with Crippen LogP contribution in [0.2, 0.25) is 0 Å². The lowest BCUT2D eigenvalue weighted by Crippen LogP contribution is -3.08. The van der Waals surface area contributed by atoms with Crippen LogP contribution < -0.4 is 9.64 Å². The maximum Gasteiger partial charge on any atom is 0.339 e. The molecular weight excluding hydrogens is 368 g/mol. The van der Waals surface area contributed by atoms with Gasteiger partial charge < -0.3 is 19.4 Å². The Labute approximate surface area is 170 Å². The molecule has 29 heavy (non-hydrogen) atoms. The van der Waals surface area contributed by atoms with Crippen LogP contribution in [0.3, 0.4) is 0 Å². The number of benzene rings is 2. The molecule has 0 aliphatic rings. The normalized spacial score (nSPS) is 12.0. The average Bonchev–Trinajstić information content (AvgIpc) is 3.01. The van der Waals surface area contributed by atoms with Crippen molar-refractivity contribution in [2.45, 2.75) is 20.4 Å². The fraction of sp³-hybridized carbons (Fsp3) is 0.304. The van der Waals surface area contributed by atoms with E-state index in [2.05, 4.69) is 23.2 Å². The van der Waals surface area contributed by atoms with E-state index in [1.165, 1.54) is 7.11 Å². The summed E-state index contributed by atoms with van der Waals surface area (Å²) in [6.45, 7) is 4.59. The number of methoxy groups -OCH3 is 2. The van der Waals surface area contributed by atoms with E-state index in [4.69, 9.17) is 9.47 Å². The number of rotatable bonds is 7. The Morgan fingerprint density at radius 2 is 1.72 bits per heavy atom. The summed E-state index contributed by atoms with van der Waals surface area (Å²) < 4.78 is 10.1. The second-order valence-electron chi connectivity index (χ2n) is 7.40. The van der Waals surface area contributed by atoms with Crippen molar-refractivity contribution in [3.63, 3.8) is 0 Å². The van der Waals surface area contributed by atoms with Crippen LogP contribution in [0.5, 0.6) is 5.75 Å². The van der Waals surface area contributed by atoms with Gasteiger partial charge in [0.05, 0.1) is 32.5 Å². The second kappa shape index (κ2) is 8.49. The highest BCUT2D eigenvalue weighted by Crippen LogP contribution is 2.22. The second-order valence-corrected chi connectivity index (χ2v) is 7.40. The Balaban J connectivity index is 1.72. The fourth-order valence-corrected chi connectivity index (χ4v) is 3.72. The van der Waals surface area contributed by atoms with Crippen molar-refractivity contribution < 1.29 is 24.0 Å². The number of ketones is 1. The van der Waals surface area contributed by atoms with Gasteiger partial charge in [-0.05, 0) is 48.4 Å². The number of ether oxygens (including phenoxy) is 2. The molecule has 0 saturated heterocycles. The minimum absolute atomic E-state index is 0.0243. The number of hydrogen-bond acceptors (Lipinski definition) is 4.